The summed E-state index contributed by atoms with van der Waals surface area (Å²) >= 11 is 0. The summed E-state index contributed by atoms with van der Waals surface area (Å²) in [7, 11) is 1.66. The Labute approximate surface area is 119 Å². The molecule has 0 aliphatic carbocycles. The van der Waals surface area contributed by atoms with Gasteiger partial charge in [-0.2, -0.15) is 0 Å². The van der Waals surface area contributed by atoms with Gasteiger partial charge in [-0.1, -0.05) is 0 Å². The molecule has 2 aromatic rings. The summed E-state index contributed by atoms with van der Waals surface area (Å²) in [6.07, 6.45) is 2.48. The number of aromatic nitrogens is 2. The van der Waals surface area contributed by atoms with E-state index < -0.39 is 0 Å². The molecule has 0 saturated carbocycles. The molecule has 1 aromatic heterocycles. The van der Waals surface area contributed by atoms with Gasteiger partial charge in [0.15, 0.2) is 0 Å². The smallest absolute Gasteiger partial charge is 0.136 e. The number of hydrogen-bond donors (Lipinski definition) is 1. The van der Waals surface area contributed by atoms with Crippen molar-refractivity contribution in [3.05, 3.63) is 42.4 Å². The molecular formula is C15H20N4O. The van der Waals surface area contributed by atoms with E-state index in [-0.39, 0.29) is 0 Å². The van der Waals surface area contributed by atoms with E-state index in [1.807, 2.05) is 37.3 Å². The predicted octanol–water partition coefficient (Wildman–Crippen LogP) is 2.28. The number of nitrogens with two attached hydrogens (primary N) is 1. The molecule has 20 heavy (non-hydrogen) atoms. The Balaban J connectivity index is 2.30. The first-order chi connectivity index (χ1) is 9.74. The number of nitrogens with zero attached hydrogens (tertiary/aromatic N) is 3. The lowest BCUT2D eigenvalue weighted by atomic mass is 10.2. The van der Waals surface area contributed by atoms with E-state index in [4.69, 9.17) is 10.5 Å². The van der Waals surface area contributed by atoms with Crippen molar-refractivity contribution in [2.75, 3.05) is 25.1 Å². The molecule has 0 unspecified atom stereocenters. The van der Waals surface area contributed by atoms with E-state index >= 15 is 0 Å². The van der Waals surface area contributed by atoms with Crippen LogP contribution in [0.4, 0.5) is 11.5 Å². The van der Waals surface area contributed by atoms with Gasteiger partial charge in [-0.3, -0.25) is 0 Å². The molecule has 5 heteroatoms. The Morgan fingerprint density at radius 1 is 1.20 bits per heavy atom. The van der Waals surface area contributed by atoms with E-state index in [1.54, 1.807) is 13.4 Å². The standard InChI is InChI=1S/C15H20N4O/c1-12-10-15(18-11-17-12)19(9-3-8-16)13-4-6-14(20-2)7-5-13/h4-7,10-11H,3,8-9,16H2,1-2H3. The highest BCUT2D eigenvalue weighted by molar-refractivity contribution is 5.60. The summed E-state index contributed by atoms with van der Waals surface area (Å²) in [6.45, 7) is 3.43. The summed E-state index contributed by atoms with van der Waals surface area (Å²) in [5.41, 5.74) is 7.64. The molecule has 0 saturated heterocycles. The maximum absolute atomic E-state index is 5.63. The Kier molecular flexibility index (Phi) is 4.90. The fourth-order valence-corrected chi connectivity index (χ4v) is 1.98. The van der Waals surface area contributed by atoms with Crippen molar-refractivity contribution in [2.45, 2.75) is 13.3 Å². The van der Waals surface area contributed by atoms with Gasteiger partial charge < -0.3 is 15.4 Å². The molecule has 1 aromatic carbocycles. The summed E-state index contributed by atoms with van der Waals surface area (Å²) < 4.78 is 5.19. The van der Waals surface area contributed by atoms with Crippen molar-refractivity contribution >= 4 is 11.5 Å². The highest BCUT2D eigenvalue weighted by atomic mass is 16.5. The second-order valence-corrected chi connectivity index (χ2v) is 4.51. The molecular weight excluding hydrogens is 252 g/mol. The first-order valence-electron chi connectivity index (χ1n) is 6.65. The highest BCUT2D eigenvalue weighted by Crippen LogP contribution is 2.25. The topological polar surface area (TPSA) is 64.3 Å². The Morgan fingerprint density at radius 2 is 1.95 bits per heavy atom. The number of benzene rings is 1. The summed E-state index contributed by atoms with van der Waals surface area (Å²) in [5.74, 6) is 1.72. The number of methoxy groups -OCH3 is 1. The normalized spacial score (nSPS) is 10.3. The van der Waals surface area contributed by atoms with Crippen LogP contribution in [0, 0.1) is 6.92 Å². The molecule has 0 atom stereocenters. The molecule has 2 N–H and O–H groups in total. The van der Waals surface area contributed by atoms with E-state index in [0.29, 0.717) is 6.54 Å². The van der Waals surface area contributed by atoms with Crippen LogP contribution in [0.3, 0.4) is 0 Å². The molecule has 5 nitrogen and oxygen atoms in total. The first kappa shape index (κ1) is 14.3. The maximum Gasteiger partial charge on any atom is 0.136 e. The van der Waals surface area contributed by atoms with Gasteiger partial charge in [0.25, 0.3) is 0 Å². The molecule has 2 rings (SSSR count). The van der Waals surface area contributed by atoms with Gasteiger partial charge in [-0.25, -0.2) is 9.97 Å². The van der Waals surface area contributed by atoms with E-state index in [0.717, 1.165) is 35.9 Å². The van der Waals surface area contributed by atoms with Crippen LogP contribution in [0.2, 0.25) is 0 Å². The lowest BCUT2D eigenvalue weighted by Crippen LogP contribution is -2.22. The van der Waals surface area contributed by atoms with Crippen LogP contribution in [0.5, 0.6) is 5.75 Å². The minimum atomic E-state index is 0.650. The van der Waals surface area contributed by atoms with Crippen LogP contribution < -0.4 is 15.4 Å². The van der Waals surface area contributed by atoms with Gasteiger partial charge in [-0.15, -0.1) is 0 Å². The van der Waals surface area contributed by atoms with Crippen molar-refractivity contribution in [2.24, 2.45) is 5.73 Å². The van der Waals surface area contributed by atoms with Crippen LogP contribution in [0.25, 0.3) is 0 Å². The highest BCUT2D eigenvalue weighted by Gasteiger charge is 2.10. The largest absolute Gasteiger partial charge is 0.497 e. The monoisotopic (exact) mass is 272 g/mol. The third-order valence-electron chi connectivity index (χ3n) is 3.04. The molecule has 0 bridgehead atoms. The van der Waals surface area contributed by atoms with Crippen LogP contribution in [-0.2, 0) is 0 Å². The Morgan fingerprint density at radius 3 is 2.55 bits per heavy atom. The van der Waals surface area contributed by atoms with Gasteiger partial charge in [0.2, 0.25) is 0 Å². The Bertz CT molecular complexity index is 542. The van der Waals surface area contributed by atoms with E-state index in [1.165, 1.54) is 0 Å². The minimum Gasteiger partial charge on any atom is -0.497 e. The second-order valence-electron chi connectivity index (χ2n) is 4.51. The van der Waals surface area contributed by atoms with Crippen LogP contribution in [0.15, 0.2) is 36.7 Å². The van der Waals surface area contributed by atoms with E-state index in [9.17, 15) is 0 Å². The number of hydrogen-bond acceptors (Lipinski definition) is 5. The van der Waals surface area contributed by atoms with Crippen molar-refractivity contribution < 1.29 is 4.74 Å². The van der Waals surface area contributed by atoms with Crippen LogP contribution >= 0.6 is 0 Å². The molecule has 0 fully saturated rings. The third-order valence-corrected chi connectivity index (χ3v) is 3.04. The third kappa shape index (κ3) is 3.45. The Hall–Kier alpha value is -2.14. The fraction of sp³-hybridized carbons (Fsp3) is 0.333. The molecule has 0 aliphatic rings. The van der Waals surface area contributed by atoms with Crippen LogP contribution in [-0.4, -0.2) is 30.2 Å². The number of aryl methyl sites for hydroxylation is 1. The lowest BCUT2D eigenvalue weighted by molar-refractivity contribution is 0.415. The molecule has 1 heterocycles. The summed E-state index contributed by atoms with van der Waals surface area (Å²) in [6, 6.07) is 9.90. The molecule has 0 aliphatic heterocycles. The maximum atomic E-state index is 5.63. The number of anilines is 2. The quantitative estimate of drug-likeness (QED) is 0.874. The molecule has 0 amide bonds. The van der Waals surface area contributed by atoms with Crippen molar-refractivity contribution in [1.29, 1.82) is 0 Å². The van der Waals surface area contributed by atoms with Crippen molar-refractivity contribution in [3.63, 3.8) is 0 Å². The minimum absolute atomic E-state index is 0.650. The molecule has 0 radical (unpaired) electrons. The van der Waals surface area contributed by atoms with Gasteiger partial charge >= 0.3 is 0 Å². The van der Waals surface area contributed by atoms with Gasteiger partial charge in [0.1, 0.15) is 17.9 Å². The SMILES string of the molecule is COc1ccc(N(CCCN)c2cc(C)ncn2)cc1. The average molecular weight is 272 g/mol. The van der Waals surface area contributed by atoms with Crippen LogP contribution in [0.1, 0.15) is 12.1 Å². The van der Waals surface area contributed by atoms with Gasteiger partial charge in [0.05, 0.1) is 7.11 Å². The molecule has 0 spiro atoms. The van der Waals surface area contributed by atoms with Gasteiger partial charge in [0, 0.05) is 24.0 Å². The fourth-order valence-electron chi connectivity index (χ4n) is 1.98. The summed E-state index contributed by atoms with van der Waals surface area (Å²) in [4.78, 5) is 10.6. The zero-order chi connectivity index (χ0) is 14.4. The number of rotatable bonds is 6. The van der Waals surface area contributed by atoms with Crippen molar-refractivity contribution in [3.8, 4) is 5.75 Å². The number of ether oxygens (including phenoxy) is 1. The molecule has 106 valence electrons. The predicted molar refractivity (Wildman–Crippen MR) is 80.4 cm³/mol. The van der Waals surface area contributed by atoms with Gasteiger partial charge in [-0.05, 0) is 44.2 Å². The average Bonchev–Trinajstić information content (AvgIpc) is 2.48. The van der Waals surface area contributed by atoms with E-state index in [2.05, 4.69) is 14.9 Å². The first-order valence-corrected chi connectivity index (χ1v) is 6.65. The zero-order valence-corrected chi connectivity index (χ0v) is 11.9. The zero-order valence-electron chi connectivity index (χ0n) is 11.9. The second kappa shape index (κ2) is 6.86. The summed E-state index contributed by atoms with van der Waals surface area (Å²) in [5, 5.41) is 0. The lowest BCUT2D eigenvalue weighted by Gasteiger charge is -2.24. The van der Waals surface area contributed by atoms with Crippen molar-refractivity contribution in [1.82, 2.24) is 9.97 Å².